The van der Waals surface area contributed by atoms with Crippen LogP contribution in [0.5, 0.6) is 23.0 Å². The van der Waals surface area contributed by atoms with E-state index in [1.54, 1.807) is 18.2 Å². The van der Waals surface area contributed by atoms with Gasteiger partial charge in [0.2, 0.25) is 5.88 Å². The Bertz CT molecular complexity index is 1630. The summed E-state index contributed by atoms with van der Waals surface area (Å²) in [6.45, 7) is 4.97. The SMILES string of the molecule is CCCOc1ccc(C2C(C#N)=C(N)Oc3cc(OC(=O)Cc4cccc5ccccc45)ccc32)cc1OCC. The van der Waals surface area contributed by atoms with Gasteiger partial charge in [-0.3, -0.25) is 4.79 Å². The number of hydrogen-bond acceptors (Lipinski definition) is 7. The van der Waals surface area contributed by atoms with Crippen molar-refractivity contribution in [3.05, 3.63) is 107 Å². The summed E-state index contributed by atoms with van der Waals surface area (Å²) in [4.78, 5) is 12.9. The first kappa shape index (κ1) is 26.6. The first-order valence-electron chi connectivity index (χ1n) is 13.3. The molecular formula is C33H30N2O5. The van der Waals surface area contributed by atoms with Crippen molar-refractivity contribution in [3.63, 3.8) is 0 Å². The standard InChI is InChI=1S/C33H30N2O5/c1-3-16-38-28-15-12-23(17-30(28)37-4-2)32-26-14-13-24(19-29(26)40-33(35)27(32)20-34)39-31(36)18-22-10-7-9-21-8-5-6-11-25(21)22/h5-15,17,19,32H,3-4,16,18,35H2,1-2H3. The molecule has 0 aromatic heterocycles. The molecule has 0 radical (unpaired) electrons. The van der Waals surface area contributed by atoms with Crippen LogP contribution in [0.3, 0.4) is 0 Å². The van der Waals surface area contributed by atoms with E-state index in [-0.39, 0.29) is 17.9 Å². The maximum absolute atomic E-state index is 12.9. The Kier molecular flexibility index (Phi) is 7.88. The number of carbonyl (C=O) groups is 1. The highest BCUT2D eigenvalue weighted by molar-refractivity contribution is 5.89. The minimum Gasteiger partial charge on any atom is -0.490 e. The second kappa shape index (κ2) is 11.8. The molecule has 0 saturated heterocycles. The monoisotopic (exact) mass is 534 g/mol. The molecule has 4 aromatic carbocycles. The third-order valence-electron chi connectivity index (χ3n) is 6.70. The van der Waals surface area contributed by atoms with Gasteiger partial charge in [-0.15, -0.1) is 0 Å². The largest absolute Gasteiger partial charge is 0.490 e. The molecule has 0 amide bonds. The van der Waals surface area contributed by atoms with Crippen molar-refractivity contribution in [2.45, 2.75) is 32.6 Å². The Balaban J connectivity index is 1.43. The van der Waals surface area contributed by atoms with E-state index in [9.17, 15) is 10.1 Å². The summed E-state index contributed by atoms with van der Waals surface area (Å²) in [6, 6.07) is 26.7. The summed E-state index contributed by atoms with van der Waals surface area (Å²) >= 11 is 0. The molecule has 40 heavy (non-hydrogen) atoms. The van der Waals surface area contributed by atoms with Crippen LogP contribution in [0.1, 0.15) is 42.9 Å². The number of ether oxygens (including phenoxy) is 4. The predicted molar refractivity (Wildman–Crippen MR) is 152 cm³/mol. The number of nitrogens with two attached hydrogens (primary N) is 1. The van der Waals surface area contributed by atoms with Crippen LogP contribution in [0.15, 0.2) is 90.3 Å². The van der Waals surface area contributed by atoms with Crippen LogP contribution in [0.4, 0.5) is 0 Å². The van der Waals surface area contributed by atoms with E-state index in [1.165, 1.54) is 0 Å². The van der Waals surface area contributed by atoms with E-state index in [1.807, 2.05) is 74.5 Å². The van der Waals surface area contributed by atoms with E-state index in [4.69, 9.17) is 24.7 Å². The van der Waals surface area contributed by atoms with Crippen LogP contribution >= 0.6 is 0 Å². The Morgan fingerprint density at radius 3 is 2.60 bits per heavy atom. The predicted octanol–water partition coefficient (Wildman–Crippen LogP) is 6.39. The molecule has 1 atom stereocenters. The molecule has 1 heterocycles. The van der Waals surface area contributed by atoms with E-state index >= 15 is 0 Å². The van der Waals surface area contributed by atoms with Gasteiger partial charge in [0.1, 0.15) is 23.1 Å². The van der Waals surface area contributed by atoms with Crippen LogP contribution in [-0.4, -0.2) is 19.2 Å². The molecule has 5 rings (SSSR count). The average Bonchev–Trinajstić information content (AvgIpc) is 2.96. The summed E-state index contributed by atoms with van der Waals surface area (Å²) < 4.78 is 23.2. The second-order valence-corrected chi connectivity index (χ2v) is 9.40. The molecule has 4 aromatic rings. The number of fused-ring (bicyclic) bond motifs is 2. The molecule has 0 bridgehead atoms. The zero-order chi connectivity index (χ0) is 28.1. The van der Waals surface area contributed by atoms with Gasteiger partial charge in [-0.1, -0.05) is 61.5 Å². The van der Waals surface area contributed by atoms with Gasteiger partial charge in [-0.2, -0.15) is 5.26 Å². The summed E-state index contributed by atoms with van der Waals surface area (Å²) in [5, 5.41) is 12.0. The number of carbonyl (C=O) groups excluding carboxylic acids is 1. The van der Waals surface area contributed by atoms with Crippen LogP contribution < -0.4 is 24.7 Å². The fourth-order valence-corrected chi connectivity index (χ4v) is 4.92. The zero-order valence-corrected chi connectivity index (χ0v) is 22.5. The number of nitrogens with zero attached hydrogens (tertiary/aromatic N) is 1. The molecule has 7 heteroatoms. The highest BCUT2D eigenvalue weighted by Crippen LogP contribution is 2.45. The number of esters is 1. The first-order chi connectivity index (χ1) is 19.5. The van der Waals surface area contributed by atoms with E-state index in [0.29, 0.717) is 36.2 Å². The number of benzene rings is 4. The van der Waals surface area contributed by atoms with Crippen molar-refractivity contribution in [1.29, 1.82) is 5.26 Å². The topological polar surface area (TPSA) is 104 Å². The number of nitriles is 1. The molecule has 0 saturated carbocycles. The van der Waals surface area contributed by atoms with Crippen LogP contribution in [0.25, 0.3) is 10.8 Å². The average molecular weight is 535 g/mol. The number of allylic oxidation sites excluding steroid dienone is 1. The van der Waals surface area contributed by atoms with Gasteiger partial charge in [0.15, 0.2) is 11.5 Å². The highest BCUT2D eigenvalue weighted by atomic mass is 16.5. The van der Waals surface area contributed by atoms with Gasteiger partial charge in [0, 0.05) is 11.6 Å². The molecule has 0 spiro atoms. The molecule has 1 unspecified atom stereocenters. The second-order valence-electron chi connectivity index (χ2n) is 9.40. The normalized spacial score (nSPS) is 14.2. The van der Waals surface area contributed by atoms with Crippen LogP contribution in [0.2, 0.25) is 0 Å². The summed E-state index contributed by atoms with van der Waals surface area (Å²) in [7, 11) is 0. The Labute approximate surface area is 233 Å². The lowest BCUT2D eigenvalue weighted by Crippen LogP contribution is -2.21. The summed E-state index contributed by atoms with van der Waals surface area (Å²) in [6.07, 6.45) is 0.989. The van der Waals surface area contributed by atoms with Gasteiger partial charge in [-0.05, 0) is 53.4 Å². The van der Waals surface area contributed by atoms with E-state index < -0.39 is 11.9 Å². The van der Waals surface area contributed by atoms with Crippen LogP contribution in [-0.2, 0) is 11.2 Å². The molecule has 202 valence electrons. The molecule has 0 aliphatic carbocycles. The quantitative estimate of drug-likeness (QED) is 0.196. The third kappa shape index (κ3) is 5.43. The van der Waals surface area contributed by atoms with Gasteiger partial charge < -0.3 is 24.7 Å². The maximum Gasteiger partial charge on any atom is 0.315 e. The maximum atomic E-state index is 12.9. The summed E-state index contributed by atoms with van der Waals surface area (Å²) in [5.74, 6) is 1.10. The van der Waals surface area contributed by atoms with Crippen molar-refractivity contribution >= 4 is 16.7 Å². The van der Waals surface area contributed by atoms with Crippen LogP contribution in [0, 0.1) is 11.3 Å². The highest BCUT2D eigenvalue weighted by Gasteiger charge is 2.32. The lowest BCUT2D eigenvalue weighted by molar-refractivity contribution is -0.133. The van der Waals surface area contributed by atoms with Crippen molar-refractivity contribution in [3.8, 4) is 29.1 Å². The summed E-state index contributed by atoms with van der Waals surface area (Å²) in [5.41, 5.74) is 8.91. The smallest absolute Gasteiger partial charge is 0.315 e. The van der Waals surface area contributed by atoms with E-state index in [2.05, 4.69) is 6.07 Å². The number of hydrogen-bond donors (Lipinski definition) is 1. The molecule has 7 nitrogen and oxygen atoms in total. The van der Waals surface area contributed by atoms with Crippen molar-refractivity contribution in [1.82, 2.24) is 0 Å². The zero-order valence-electron chi connectivity index (χ0n) is 22.5. The van der Waals surface area contributed by atoms with Gasteiger partial charge >= 0.3 is 5.97 Å². The fraction of sp³-hybridized carbons (Fsp3) is 0.212. The number of rotatable bonds is 9. The Morgan fingerprint density at radius 2 is 1.80 bits per heavy atom. The van der Waals surface area contributed by atoms with Crippen molar-refractivity contribution in [2.75, 3.05) is 13.2 Å². The fourth-order valence-electron chi connectivity index (χ4n) is 4.92. The third-order valence-corrected chi connectivity index (χ3v) is 6.70. The first-order valence-corrected chi connectivity index (χ1v) is 13.3. The lowest BCUT2D eigenvalue weighted by Gasteiger charge is -2.27. The minimum atomic E-state index is -0.492. The van der Waals surface area contributed by atoms with Gasteiger partial charge in [0.05, 0.1) is 25.6 Å². The van der Waals surface area contributed by atoms with Gasteiger partial charge in [-0.25, -0.2) is 0 Å². The minimum absolute atomic E-state index is 0.00324. The van der Waals surface area contributed by atoms with Crippen molar-refractivity contribution < 1.29 is 23.7 Å². The molecule has 1 aliphatic heterocycles. The molecule has 0 fully saturated rings. The van der Waals surface area contributed by atoms with Gasteiger partial charge in [0.25, 0.3) is 0 Å². The molecule has 2 N–H and O–H groups in total. The molecule has 1 aliphatic rings. The Hall–Kier alpha value is -4.96. The van der Waals surface area contributed by atoms with E-state index in [0.717, 1.165) is 33.9 Å². The molecular weight excluding hydrogens is 504 g/mol. The van der Waals surface area contributed by atoms with Crippen molar-refractivity contribution in [2.24, 2.45) is 5.73 Å². The lowest BCUT2D eigenvalue weighted by atomic mass is 9.83. The Morgan fingerprint density at radius 1 is 0.975 bits per heavy atom.